The molecule has 4 heteroatoms. The number of carbonyl (C=O) groups excluding carboxylic acids is 2. The minimum atomic E-state index is -0.271. The molecule has 0 aromatic carbocycles. The normalized spacial score (nSPS) is 15.4. The molecule has 0 spiro atoms. The zero-order valence-corrected chi connectivity index (χ0v) is 14.9. The summed E-state index contributed by atoms with van der Waals surface area (Å²) >= 11 is 1.60. The zero-order valence-electron chi connectivity index (χ0n) is 14.1. The highest BCUT2D eigenvalue weighted by Gasteiger charge is 2.09. The Morgan fingerprint density at radius 2 is 2.26 bits per heavy atom. The molecule has 1 aliphatic rings. The Hall–Kier alpha value is -1.29. The highest BCUT2D eigenvalue weighted by atomic mass is 32.2. The van der Waals surface area contributed by atoms with Crippen LogP contribution in [0.2, 0.25) is 0 Å². The van der Waals surface area contributed by atoms with E-state index >= 15 is 0 Å². The van der Waals surface area contributed by atoms with E-state index in [1.165, 1.54) is 5.57 Å². The van der Waals surface area contributed by atoms with Gasteiger partial charge in [-0.3, -0.25) is 9.59 Å². The number of allylic oxidation sites excluding steroid dienone is 4. The van der Waals surface area contributed by atoms with E-state index in [2.05, 4.69) is 31.7 Å². The minimum absolute atomic E-state index is 0.111. The van der Waals surface area contributed by atoms with Gasteiger partial charge in [-0.1, -0.05) is 36.8 Å². The van der Waals surface area contributed by atoms with E-state index in [0.717, 1.165) is 31.4 Å². The quantitative estimate of drug-likeness (QED) is 0.412. The Balaban J connectivity index is 2.07. The molecule has 1 aliphatic carbocycles. The van der Waals surface area contributed by atoms with Crippen molar-refractivity contribution in [2.75, 3.05) is 18.1 Å². The van der Waals surface area contributed by atoms with Crippen LogP contribution in [0.4, 0.5) is 0 Å². The molecule has 0 radical (unpaired) electrons. The van der Waals surface area contributed by atoms with E-state index in [9.17, 15) is 9.59 Å². The second-order valence-electron chi connectivity index (χ2n) is 5.88. The molecule has 0 saturated heterocycles. The van der Waals surface area contributed by atoms with Gasteiger partial charge in [-0.2, -0.15) is 11.8 Å². The third kappa shape index (κ3) is 10.2. The Labute approximate surface area is 144 Å². The first kappa shape index (κ1) is 19.8. The maximum Gasteiger partial charge on any atom is 0.306 e. The van der Waals surface area contributed by atoms with E-state index < -0.39 is 0 Å². The molecule has 3 nitrogen and oxygen atoms in total. The van der Waals surface area contributed by atoms with Gasteiger partial charge in [0.2, 0.25) is 0 Å². The van der Waals surface area contributed by atoms with Gasteiger partial charge in [0.25, 0.3) is 0 Å². The van der Waals surface area contributed by atoms with Crippen LogP contribution in [0, 0.1) is 5.92 Å². The first-order valence-electron chi connectivity index (χ1n) is 8.34. The molecule has 0 heterocycles. The second kappa shape index (κ2) is 12.2. The van der Waals surface area contributed by atoms with Crippen LogP contribution in [0.5, 0.6) is 0 Å². The lowest BCUT2D eigenvalue weighted by molar-refractivity contribution is -0.144. The Bertz CT molecular complexity index is 452. The molecule has 0 N–H and O–H groups in total. The predicted molar refractivity (Wildman–Crippen MR) is 97.6 cm³/mol. The smallest absolute Gasteiger partial charge is 0.306 e. The topological polar surface area (TPSA) is 43.4 Å². The second-order valence-corrected chi connectivity index (χ2v) is 6.91. The molecule has 0 aromatic heterocycles. The Kier molecular flexibility index (Phi) is 10.5. The number of Topliss-reactive ketones (excluding diaryl/α,β-unsaturated/α-hetero) is 1. The molecule has 1 unspecified atom stereocenters. The van der Waals surface area contributed by atoms with Crippen molar-refractivity contribution in [3.63, 3.8) is 0 Å². The summed E-state index contributed by atoms with van der Waals surface area (Å²) < 4.78 is 5.22. The summed E-state index contributed by atoms with van der Waals surface area (Å²) in [4.78, 5) is 23.4. The Morgan fingerprint density at radius 3 is 3.04 bits per heavy atom. The molecule has 1 atom stereocenters. The van der Waals surface area contributed by atoms with Gasteiger partial charge in [-0.15, -0.1) is 6.58 Å². The van der Waals surface area contributed by atoms with Crippen molar-refractivity contribution in [1.82, 2.24) is 0 Å². The first-order chi connectivity index (χ1) is 11.1. The van der Waals surface area contributed by atoms with Gasteiger partial charge in [0.15, 0.2) is 0 Å². The van der Waals surface area contributed by atoms with Gasteiger partial charge in [0, 0.05) is 12.8 Å². The number of esters is 1. The minimum Gasteiger partial charge on any atom is -0.465 e. The van der Waals surface area contributed by atoms with E-state index in [1.54, 1.807) is 11.8 Å². The molecule has 0 aliphatic heterocycles. The van der Waals surface area contributed by atoms with Crippen molar-refractivity contribution >= 4 is 23.5 Å². The van der Waals surface area contributed by atoms with E-state index in [4.69, 9.17) is 4.74 Å². The highest BCUT2D eigenvalue weighted by molar-refractivity contribution is 7.99. The molecule has 0 fully saturated rings. The van der Waals surface area contributed by atoms with Crippen molar-refractivity contribution < 1.29 is 14.3 Å². The number of carbonyl (C=O) groups is 2. The van der Waals surface area contributed by atoms with Gasteiger partial charge in [-0.05, 0) is 30.9 Å². The molecule has 1 rings (SSSR count). The van der Waals surface area contributed by atoms with Crippen LogP contribution in [0.3, 0.4) is 0 Å². The molecular weight excluding hydrogens is 308 g/mol. The summed E-state index contributed by atoms with van der Waals surface area (Å²) in [6.45, 7) is 6.20. The van der Waals surface area contributed by atoms with Gasteiger partial charge in [0.05, 0.1) is 18.8 Å². The molecular formula is C19H28O3S. The van der Waals surface area contributed by atoms with E-state index in [-0.39, 0.29) is 24.6 Å². The monoisotopic (exact) mass is 336 g/mol. The summed E-state index contributed by atoms with van der Waals surface area (Å²) in [6, 6.07) is 0. The van der Waals surface area contributed by atoms with Crippen LogP contribution in [-0.2, 0) is 14.3 Å². The van der Waals surface area contributed by atoms with Crippen molar-refractivity contribution in [3.05, 3.63) is 36.5 Å². The first-order valence-corrected chi connectivity index (χ1v) is 9.49. The van der Waals surface area contributed by atoms with Gasteiger partial charge < -0.3 is 4.74 Å². The summed E-state index contributed by atoms with van der Waals surface area (Å²) in [5.41, 5.74) is 1.33. The average Bonchev–Trinajstić information content (AvgIpc) is 2.81. The number of rotatable bonds is 11. The summed E-state index contributed by atoms with van der Waals surface area (Å²) in [6.07, 6.45) is 12.8. The standard InChI is InChI=1S/C19H28O3S/c1-3-16(2)14-23-15-18(20)10-11-19(21)22-13-12-17-8-6-4-5-7-9-17/h3-4,6,8,16H,1,5,7,9-15H2,2H3. The molecule has 0 saturated carbocycles. The summed E-state index contributed by atoms with van der Waals surface area (Å²) in [5.74, 6) is 1.60. The molecule has 128 valence electrons. The van der Waals surface area contributed by atoms with Crippen molar-refractivity contribution in [1.29, 1.82) is 0 Å². The van der Waals surface area contributed by atoms with Crippen LogP contribution in [0.15, 0.2) is 36.5 Å². The number of hydrogen-bond donors (Lipinski definition) is 0. The average molecular weight is 336 g/mol. The number of thioether (sulfide) groups is 1. The lowest BCUT2D eigenvalue weighted by atomic mass is 10.1. The van der Waals surface area contributed by atoms with Gasteiger partial charge >= 0.3 is 5.97 Å². The van der Waals surface area contributed by atoms with Gasteiger partial charge in [0.1, 0.15) is 5.78 Å². The molecule has 0 bridgehead atoms. The molecule has 0 amide bonds. The fourth-order valence-corrected chi connectivity index (χ4v) is 3.15. The van der Waals surface area contributed by atoms with Crippen molar-refractivity contribution in [2.24, 2.45) is 5.92 Å². The molecule has 0 aromatic rings. The zero-order chi connectivity index (χ0) is 16.9. The number of ketones is 1. The van der Waals surface area contributed by atoms with E-state index in [1.807, 2.05) is 6.08 Å². The predicted octanol–water partition coefficient (Wildman–Crippen LogP) is 4.49. The lowest BCUT2D eigenvalue weighted by Gasteiger charge is -2.07. The van der Waals surface area contributed by atoms with Gasteiger partial charge in [-0.25, -0.2) is 0 Å². The number of ether oxygens (including phenoxy) is 1. The summed E-state index contributed by atoms with van der Waals surface area (Å²) in [5, 5.41) is 0. The van der Waals surface area contributed by atoms with Crippen molar-refractivity contribution in [2.45, 2.75) is 45.4 Å². The van der Waals surface area contributed by atoms with Crippen LogP contribution in [-0.4, -0.2) is 29.9 Å². The lowest BCUT2D eigenvalue weighted by Crippen LogP contribution is -2.11. The SMILES string of the molecule is C=CC(C)CSCC(=O)CCC(=O)OCCC1=CC=CCCC1. The largest absolute Gasteiger partial charge is 0.465 e. The van der Waals surface area contributed by atoms with Crippen LogP contribution < -0.4 is 0 Å². The third-order valence-corrected chi connectivity index (χ3v) is 4.96. The maximum absolute atomic E-state index is 11.7. The highest BCUT2D eigenvalue weighted by Crippen LogP contribution is 2.16. The fourth-order valence-electron chi connectivity index (χ4n) is 2.15. The van der Waals surface area contributed by atoms with Crippen LogP contribution in [0.1, 0.15) is 45.4 Å². The fraction of sp³-hybridized carbons (Fsp3) is 0.579. The van der Waals surface area contributed by atoms with Crippen molar-refractivity contribution in [3.8, 4) is 0 Å². The molecule has 23 heavy (non-hydrogen) atoms. The maximum atomic E-state index is 11.7. The Morgan fingerprint density at radius 1 is 1.43 bits per heavy atom. The summed E-state index contributed by atoms with van der Waals surface area (Å²) in [7, 11) is 0. The van der Waals surface area contributed by atoms with Crippen LogP contribution >= 0.6 is 11.8 Å². The third-order valence-electron chi connectivity index (χ3n) is 3.68. The number of hydrogen-bond acceptors (Lipinski definition) is 4. The van der Waals surface area contributed by atoms with Crippen LogP contribution in [0.25, 0.3) is 0 Å². The van der Waals surface area contributed by atoms with E-state index in [0.29, 0.717) is 18.3 Å².